The number of fused-ring (bicyclic) bond motifs is 4. The average Bonchev–Trinajstić information content (AvgIpc) is 4.12. The van der Waals surface area contributed by atoms with Crippen molar-refractivity contribution < 1.29 is 27.9 Å². The van der Waals surface area contributed by atoms with Crippen LogP contribution in [0.4, 0.5) is 20.3 Å². The van der Waals surface area contributed by atoms with E-state index in [1.807, 2.05) is 24.3 Å². The Kier molecular flexibility index (Phi) is 10.8. The van der Waals surface area contributed by atoms with Crippen LogP contribution >= 0.6 is 0 Å². The molecule has 5 aliphatic rings. The highest BCUT2D eigenvalue weighted by Crippen LogP contribution is 2.36. The third-order valence-corrected chi connectivity index (χ3v) is 13.7. The Hall–Kier alpha value is -5.97. The van der Waals surface area contributed by atoms with Gasteiger partial charge >= 0.3 is 5.69 Å². The standard InChI is InChI=1S/C44H50F2N12O5/c1-26-21-53(17-18-54(26)15-4-6-28-5-3-7-34-39(28)52(2)44(62)58(34)35-12-13-37(59)50-43(35)61)22-27-8-10-29(11-9-27)57-24-33(38(51-57)40(45)46)48-42(60)32-20-47-56-16-14-36(49-41(32)56)55-23-31-19-30(55)25-63-31/h3,5,7,14,16,20,24,26-27,29-31,35,40H,8-13,15,17-19,21-23,25H2,1-2H3,(H,48,60)(H,50,59,61)/t26-,27?,29?,30+,31+,35?/m0/s1. The molecule has 10 rings (SSSR count). The first-order chi connectivity index (χ1) is 30.5. The molecular weight excluding hydrogens is 815 g/mol. The molecule has 2 N–H and O–H groups in total. The predicted molar refractivity (Wildman–Crippen MR) is 228 cm³/mol. The van der Waals surface area contributed by atoms with Gasteiger partial charge in [-0.15, -0.1) is 0 Å². The van der Waals surface area contributed by atoms with Gasteiger partial charge in [0.1, 0.15) is 17.4 Å². The maximum Gasteiger partial charge on any atom is 0.329 e. The van der Waals surface area contributed by atoms with Crippen LogP contribution in [0.5, 0.6) is 0 Å². The topological polar surface area (TPSA) is 169 Å². The third kappa shape index (κ3) is 7.78. The molecule has 0 radical (unpaired) electrons. The number of nitrogens with one attached hydrogen (secondary N) is 2. The summed E-state index contributed by atoms with van der Waals surface area (Å²) in [6.45, 7) is 7.78. The van der Waals surface area contributed by atoms with Gasteiger partial charge < -0.3 is 19.9 Å². The number of carbonyl (C=O) groups excluding carboxylic acids is 3. The smallest absolute Gasteiger partial charge is 0.329 e. The lowest BCUT2D eigenvalue weighted by molar-refractivity contribution is -0.135. The molecule has 1 aromatic carbocycles. The number of ether oxygens (including phenoxy) is 1. The van der Waals surface area contributed by atoms with E-state index in [4.69, 9.17) is 9.72 Å². The normalized spacial score (nSPS) is 25.6. The van der Waals surface area contributed by atoms with Gasteiger partial charge in [0.05, 0.1) is 59.8 Å². The van der Waals surface area contributed by atoms with Crippen LogP contribution in [-0.2, 0) is 21.4 Å². The number of para-hydroxylation sites is 1. The van der Waals surface area contributed by atoms with Gasteiger partial charge in [0.2, 0.25) is 11.8 Å². The zero-order valence-electron chi connectivity index (χ0n) is 35.3. The van der Waals surface area contributed by atoms with Crippen LogP contribution in [0.1, 0.15) is 92.0 Å². The highest BCUT2D eigenvalue weighted by atomic mass is 19.3. The molecule has 1 aliphatic carbocycles. The molecule has 0 spiro atoms. The minimum Gasteiger partial charge on any atom is -0.374 e. The van der Waals surface area contributed by atoms with E-state index in [0.29, 0.717) is 41.3 Å². The fourth-order valence-corrected chi connectivity index (χ4v) is 10.3. The number of morpholine rings is 1. The number of hydrogen-bond donors (Lipinski definition) is 2. The third-order valence-electron chi connectivity index (χ3n) is 13.7. The Morgan fingerprint density at radius 3 is 2.65 bits per heavy atom. The monoisotopic (exact) mass is 864 g/mol. The van der Waals surface area contributed by atoms with Gasteiger partial charge in [-0.25, -0.2) is 23.1 Å². The summed E-state index contributed by atoms with van der Waals surface area (Å²) in [6, 6.07) is 7.10. The quantitative estimate of drug-likeness (QED) is 0.164. The maximum atomic E-state index is 14.3. The van der Waals surface area contributed by atoms with E-state index in [2.05, 4.69) is 54.3 Å². The Morgan fingerprint density at radius 2 is 1.90 bits per heavy atom. The minimum absolute atomic E-state index is 0.00952. The molecule has 1 saturated carbocycles. The summed E-state index contributed by atoms with van der Waals surface area (Å²) >= 11 is 0. The van der Waals surface area contributed by atoms with Gasteiger partial charge in [-0.05, 0) is 69.6 Å². The number of amides is 3. The number of aromatic nitrogens is 7. The number of piperazine rings is 1. The van der Waals surface area contributed by atoms with Gasteiger partial charge in [0, 0.05) is 64.6 Å². The van der Waals surface area contributed by atoms with Crippen LogP contribution in [0.2, 0.25) is 0 Å². The fourth-order valence-electron chi connectivity index (χ4n) is 10.3. The van der Waals surface area contributed by atoms with Crippen molar-refractivity contribution in [3.05, 3.63) is 70.2 Å². The zero-order valence-corrected chi connectivity index (χ0v) is 35.3. The van der Waals surface area contributed by atoms with Gasteiger partial charge in [0.25, 0.3) is 12.3 Å². The second-order valence-corrected chi connectivity index (χ2v) is 17.7. The lowest BCUT2D eigenvalue weighted by atomic mass is 9.85. The molecular formula is C44H50F2N12O5. The number of piperidine rings is 1. The van der Waals surface area contributed by atoms with Crippen molar-refractivity contribution >= 4 is 45.9 Å². The summed E-state index contributed by atoms with van der Waals surface area (Å²) in [5.74, 6) is 6.45. The minimum atomic E-state index is -2.87. The second kappa shape index (κ2) is 16.6. The number of imidazole rings is 1. The first kappa shape index (κ1) is 41.1. The SMILES string of the molecule is C[C@H]1CN(CC2CCC(n3cc(NC(=O)c4cnn5ccc(N6C[C@H]7C[C@@H]6CO7)nc45)c(C(F)F)n3)CC2)CCN1CC#Cc1cccc2c1n(C)c(=O)n2C1CCC(=O)NC1=O. The number of alkyl halides is 2. The molecule has 2 bridgehead atoms. The van der Waals surface area contributed by atoms with Crippen molar-refractivity contribution in [3.63, 3.8) is 0 Å². The molecule has 330 valence electrons. The molecule has 4 atom stereocenters. The molecule has 4 aromatic heterocycles. The molecule has 4 aliphatic heterocycles. The van der Waals surface area contributed by atoms with Crippen molar-refractivity contribution in [1.29, 1.82) is 0 Å². The molecule has 5 aromatic rings. The Bertz CT molecular complexity index is 2720. The maximum absolute atomic E-state index is 14.3. The molecule has 8 heterocycles. The summed E-state index contributed by atoms with van der Waals surface area (Å²) in [6.07, 6.45) is 6.89. The Labute approximate surface area is 361 Å². The predicted octanol–water partition coefficient (Wildman–Crippen LogP) is 3.51. The number of hydrogen-bond acceptors (Lipinski definition) is 11. The van der Waals surface area contributed by atoms with E-state index in [1.165, 1.54) is 19.8 Å². The van der Waals surface area contributed by atoms with Crippen LogP contribution in [0.3, 0.4) is 0 Å². The summed E-state index contributed by atoms with van der Waals surface area (Å²) < 4.78 is 40.5. The van der Waals surface area contributed by atoms with Crippen molar-refractivity contribution in [2.24, 2.45) is 13.0 Å². The fraction of sp³-hybridized carbons (Fsp3) is 0.523. The van der Waals surface area contributed by atoms with E-state index in [1.54, 1.807) is 24.1 Å². The molecule has 3 amide bonds. The van der Waals surface area contributed by atoms with Crippen molar-refractivity contribution in [3.8, 4) is 11.8 Å². The highest BCUT2D eigenvalue weighted by Gasteiger charge is 2.40. The van der Waals surface area contributed by atoms with Crippen LogP contribution < -0.4 is 21.2 Å². The highest BCUT2D eigenvalue weighted by molar-refractivity contribution is 6.08. The molecule has 63 heavy (non-hydrogen) atoms. The largest absolute Gasteiger partial charge is 0.374 e. The van der Waals surface area contributed by atoms with Crippen LogP contribution in [0, 0.1) is 17.8 Å². The first-order valence-corrected chi connectivity index (χ1v) is 21.9. The number of imide groups is 1. The molecule has 17 nitrogen and oxygen atoms in total. The zero-order chi connectivity index (χ0) is 43.5. The number of benzene rings is 1. The van der Waals surface area contributed by atoms with E-state index >= 15 is 0 Å². The van der Waals surface area contributed by atoms with E-state index in [-0.39, 0.29) is 59.9 Å². The van der Waals surface area contributed by atoms with Crippen molar-refractivity contribution in [2.45, 2.75) is 88.6 Å². The number of aryl methyl sites for hydroxylation is 1. The molecule has 1 unspecified atom stereocenters. The first-order valence-electron chi connectivity index (χ1n) is 21.9. The Morgan fingerprint density at radius 1 is 1.06 bits per heavy atom. The summed E-state index contributed by atoms with van der Waals surface area (Å²) in [4.78, 5) is 63.1. The van der Waals surface area contributed by atoms with Gasteiger partial charge in [-0.1, -0.05) is 17.9 Å². The van der Waals surface area contributed by atoms with Crippen LogP contribution in [-0.4, -0.2) is 125 Å². The number of nitrogens with zero attached hydrogens (tertiary/aromatic N) is 10. The lowest BCUT2D eigenvalue weighted by Gasteiger charge is -2.41. The van der Waals surface area contributed by atoms with E-state index in [9.17, 15) is 28.0 Å². The lowest BCUT2D eigenvalue weighted by Crippen LogP contribution is -2.52. The van der Waals surface area contributed by atoms with Gasteiger partial charge in [-0.2, -0.15) is 10.2 Å². The summed E-state index contributed by atoms with van der Waals surface area (Å²) in [5.41, 5.74) is 1.74. The van der Waals surface area contributed by atoms with Crippen LogP contribution in [0.25, 0.3) is 16.7 Å². The van der Waals surface area contributed by atoms with Crippen molar-refractivity contribution in [2.75, 3.05) is 56.1 Å². The Balaban J connectivity index is 0.730. The van der Waals surface area contributed by atoms with Crippen LogP contribution in [0.15, 0.2) is 47.7 Å². The van der Waals surface area contributed by atoms with Gasteiger partial charge in [-0.3, -0.25) is 38.4 Å². The molecule has 5 fully saturated rings. The number of rotatable bonds is 9. The summed E-state index contributed by atoms with van der Waals surface area (Å²) in [5, 5.41) is 13.6. The number of anilines is 2. The number of carbonyl (C=O) groups is 3. The van der Waals surface area contributed by atoms with Crippen molar-refractivity contribution in [1.82, 2.24) is 48.6 Å². The molecule has 4 saturated heterocycles. The molecule has 19 heteroatoms. The van der Waals surface area contributed by atoms with E-state index < -0.39 is 30.0 Å². The van der Waals surface area contributed by atoms with Gasteiger partial charge in [0.15, 0.2) is 11.3 Å². The number of halogens is 2. The average molecular weight is 865 g/mol. The summed E-state index contributed by atoms with van der Waals surface area (Å²) in [7, 11) is 1.68. The van der Waals surface area contributed by atoms with E-state index in [0.717, 1.165) is 70.6 Å². The second-order valence-electron chi connectivity index (χ2n) is 17.7.